The molecule has 1 saturated carbocycles. The summed E-state index contributed by atoms with van der Waals surface area (Å²) >= 11 is 0. The minimum absolute atomic E-state index is 0.0891. The molecule has 0 heterocycles. The Kier molecular flexibility index (Phi) is 2.17. The monoisotopic (exact) mass is 176 g/mol. The summed E-state index contributed by atoms with van der Waals surface area (Å²) in [6, 6.07) is 9.75. The fraction of sp³-hybridized carbons (Fsp3) is 0.333. The van der Waals surface area contributed by atoms with Crippen molar-refractivity contribution in [2.45, 2.75) is 19.8 Å². The fourth-order valence-electron chi connectivity index (χ4n) is 1.47. The molecule has 0 bridgehead atoms. The molecule has 0 spiro atoms. The van der Waals surface area contributed by atoms with Crippen LogP contribution in [-0.2, 0) is 0 Å². The van der Waals surface area contributed by atoms with E-state index in [9.17, 15) is 4.39 Å². The average Bonchev–Trinajstić information content (AvgIpc) is 3.00. The van der Waals surface area contributed by atoms with Crippen molar-refractivity contribution in [3.05, 3.63) is 41.7 Å². The van der Waals surface area contributed by atoms with Crippen LogP contribution in [0.15, 0.2) is 36.2 Å². The summed E-state index contributed by atoms with van der Waals surface area (Å²) in [7, 11) is 0. The summed E-state index contributed by atoms with van der Waals surface area (Å²) in [5, 5.41) is 0. The van der Waals surface area contributed by atoms with Crippen LogP contribution >= 0.6 is 0 Å². The second-order valence-electron chi connectivity index (χ2n) is 3.61. The van der Waals surface area contributed by atoms with Crippen molar-refractivity contribution in [1.82, 2.24) is 0 Å². The zero-order valence-electron chi connectivity index (χ0n) is 7.76. The van der Waals surface area contributed by atoms with E-state index in [4.69, 9.17) is 0 Å². The van der Waals surface area contributed by atoms with E-state index >= 15 is 0 Å². The van der Waals surface area contributed by atoms with Crippen molar-refractivity contribution in [3.8, 4) is 0 Å². The maximum atomic E-state index is 13.5. The number of allylic oxidation sites excluding steroid dienone is 2. The van der Waals surface area contributed by atoms with Crippen molar-refractivity contribution in [1.29, 1.82) is 0 Å². The molecule has 0 atom stereocenters. The van der Waals surface area contributed by atoms with Crippen molar-refractivity contribution >= 4 is 5.57 Å². The average molecular weight is 176 g/mol. The van der Waals surface area contributed by atoms with Crippen molar-refractivity contribution < 1.29 is 4.39 Å². The van der Waals surface area contributed by atoms with Gasteiger partial charge in [-0.2, -0.15) is 0 Å². The highest BCUT2D eigenvalue weighted by molar-refractivity contribution is 5.66. The van der Waals surface area contributed by atoms with E-state index in [1.807, 2.05) is 37.3 Å². The van der Waals surface area contributed by atoms with Crippen LogP contribution < -0.4 is 0 Å². The maximum absolute atomic E-state index is 13.5. The Balaban J connectivity index is 2.30. The largest absolute Gasteiger partial charge is 0.211 e. The first-order valence-electron chi connectivity index (χ1n) is 4.70. The molecule has 13 heavy (non-hydrogen) atoms. The smallest absolute Gasteiger partial charge is 0.106 e. The Bertz CT molecular complexity index is 320. The molecule has 1 aromatic rings. The van der Waals surface area contributed by atoms with Gasteiger partial charge in [-0.05, 0) is 30.9 Å². The predicted octanol–water partition coefficient (Wildman–Crippen LogP) is 3.80. The first-order valence-corrected chi connectivity index (χ1v) is 4.70. The molecule has 1 heteroatoms. The van der Waals surface area contributed by atoms with Gasteiger partial charge in [-0.1, -0.05) is 30.3 Å². The van der Waals surface area contributed by atoms with Crippen LogP contribution in [0.4, 0.5) is 4.39 Å². The molecule has 1 fully saturated rings. The highest BCUT2D eigenvalue weighted by atomic mass is 19.1. The summed E-state index contributed by atoms with van der Waals surface area (Å²) in [6.45, 7) is 1.86. The predicted molar refractivity (Wildman–Crippen MR) is 52.9 cm³/mol. The Hall–Kier alpha value is -1.11. The van der Waals surface area contributed by atoms with Gasteiger partial charge in [0, 0.05) is 5.92 Å². The van der Waals surface area contributed by atoms with Gasteiger partial charge in [0.2, 0.25) is 0 Å². The molecule has 2 rings (SSSR count). The molecule has 0 aliphatic heterocycles. The van der Waals surface area contributed by atoms with E-state index in [1.165, 1.54) is 0 Å². The lowest BCUT2D eigenvalue weighted by Crippen LogP contribution is -1.85. The van der Waals surface area contributed by atoms with Gasteiger partial charge >= 0.3 is 0 Å². The van der Waals surface area contributed by atoms with E-state index in [2.05, 4.69) is 0 Å². The minimum Gasteiger partial charge on any atom is -0.211 e. The molecule has 0 unspecified atom stereocenters. The van der Waals surface area contributed by atoms with Gasteiger partial charge in [0.25, 0.3) is 0 Å². The highest BCUT2D eigenvalue weighted by Crippen LogP contribution is 2.40. The molecule has 0 aromatic heterocycles. The summed E-state index contributed by atoms with van der Waals surface area (Å²) in [4.78, 5) is 0. The van der Waals surface area contributed by atoms with Crippen LogP contribution in [0.2, 0.25) is 0 Å². The SMILES string of the molecule is C/C(=C(\F)C1CC1)c1ccccc1. The van der Waals surface area contributed by atoms with Gasteiger partial charge in [-0.15, -0.1) is 0 Å². The van der Waals surface area contributed by atoms with E-state index in [0.717, 1.165) is 24.0 Å². The first kappa shape index (κ1) is 8.49. The van der Waals surface area contributed by atoms with Crippen molar-refractivity contribution in [2.24, 2.45) is 5.92 Å². The van der Waals surface area contributed by atoms with Crippen LogP contribution in [-0.4, -0.2) is 0 Å². The molecule has 68 valence electrons. The zero-order valence-corrected chi connectivity index (χ0v) is 7.76. The summed E-state index contributed by atoms with van der Waals surface area (Å²) in [6.07, 6.45) is 2.05. The Morgan fingerprint density at radius 3 is 2.38 bits per heavy atom. The Morgan fingerprint density at radius 1 is 1.23 bits per heavy atom. The number of rotatable bonds is 2. The van der Waals surface area contributed by atoms with E-state index in [0.29, 0.717) is 0 Å². The molecule has 1 aromatic carbocycles. The molecular weight excluding hydrogens is 163 g/mol. The molecule has 0 nitrogen and oxygen atoms in total. The van der Waals surface area contributed by atoms with Gasteiger partial charge in [0.1, 0.15) is 5.83 Å². The lowest BCUT2D eigenvalue weighted by molar-refractivity contribution is 0.581. The summed E-state index contributed by atoms with van der Waals surface area (Å²) in [5.74, 6) is 0.311. The third-order valence-corrected chi connectivity index (χ3v) is 2.50. The molecular formula is C12H13F. The van der Waals surface area contributed by atoms with Gasteiger partial charge in [0.15, 0.2) is 0 Å². The molecule has 0 amide bonds. The Morgan fingerprint density at radius 2 is 1.85 bits per heavy atom. The highest BCUT2D eigenvalue weighted by Gasteiger charge is 2.28. The molecule has 0 radical (unpaired) electrons. The number of hydrogen-bond acceptors (Lipinski definition) is 0. The Labute approximate surface area is 78.1 Å². The lowest BCUT2D eigenvalue weighted by atomic mass is 10.1. The molecule has 1 aliphatic rings. The fourth-order valence-corrected chi connectivity index (χ4v) is 1.47. The van der Waals surface area contributed by atoms with E-state index in [-0.39, 0.29) is 11.7 Å². The van der Waals surface area contributed by atoms with Crippen LogP contribution in [0, 0.1) is 5.92 Å². The van der Waals surface area contributed by atoms with Crippen LogP contribution in [0.25, 0.3) is 5.57 Å². The van der Waals surface area contributed by atoms with Crippen molar-refractivity contribution in [2.75, 3.05) is 0 Å². The zero-order chi connectivity index (χ0) is 9.26. The number of hydrogen-bond donors (Lipinski definition) is 0. The van der Waals surface area contributed by atoms with Gasteiger partial charge in [-0.3, -0.25) is 0 Å². The summed E-state index contributed by atoms with van der Waals surface area (Å²) < 4.78 is 13.5. The standard InChI is InChI=1S/C12H13F/c1-9(12(13)11-7-8-11)10-5-3-2-4-6-10/h2-6,11H,7-8H2,1H3/b12-9+. The second kappa shape index (κ2) is 3.33. The minimum atomic E-state index is 0.0891. The van der Waals surface area contributed by atoms with E-state index in [1.54, 1.807) is 0 Å². The van der Waals surface area contributed by atoms with Gasteiger partial charge in [-0.25, -0.2) is 4.39 Å². The maximum Gasteiger partial charge on any atom is 0.106 e. The van der Waals surface area contributed by atoms with E-state index < -0.39 is 0 Å². The summed E-state index contributed by atoms with van der Waals surface area (Å²) in [5.41, 5.74) is 1.81. The molecule has 0 N–H and O–H groups in total. The third kappa shape index (κ3) is 1.80. The quantitative estimate of drug-likeness (QED) is 0.643. The first-order chi connectivity index (χ1) is 6.29. The van der Waals surface area contributed by atoms with Crippen LogP contribution in [0.5, 0.6) is 0 Å². The van der Waals surface area contributed by atoms with Gasteiger partial charge in [0.05, 0.1) is 0 Å². The number of halogens is 1. The third-order valence-electron chi connectivity index (χ3n) is 2.50. The van der Waals surface area contributed by atoms with Crippen LogP contribution in [0.3, 0.4) is 0 Å². The van der Waals surface area contributed by atoms with Crippen molar-refractivity contribution in [3.63, 3.8) is 0 Å². The second-order valence-corrected chi connectivity index (χ2v) is 3.61. The normalized spacial score (nSPS) is 18.3. The molecule has 1 aliphatic carbocycles. The van der Waals surface area contributed by atoms with Crippen LogP contribution in [0.1, 0.15) is 25.3 Å². The topological polar surface area (TPSA) is 0 Å². The lowest BCUT2D eigenvalue weighted by Gasteiger charge is -2.02. The number of benzene rings is 1. The van der Waals surface area contributed by atoms with Gasteiger partial charge < -0.3 is 0 Å². The molecule has 0 saturated heterocycles.